The zero-order valence-corrected chi connectivity index (χ0v) is 11.2. The highest BCUT2D eigenvalue weighted by molar-refractivity contribution is 7.99. The standard InChI is InChI=1S/C13H26N2S/c14-12-13(6-3-1-2-4-7-13)15-8-5-10-16-11-9-15/h1-12,14H2. The minimum Gasteiger partial charge on any atom is -0.329 e. The van der Waals surface area contributed by atoms with Gasteiger partial charge in [0.25, 0.3) is 0 Å². The molecule has 0 atom stereocenters. The van der Waals surface area contributed by atoms with Crippen LogP contribution in [0.5, 0.6) is 0 Å². The first-order valence-electron chi connectivity index (χ1n) is 6.90. The molecule has 2 rings (SSSR count). The molecule has 0 unspecified atom stereocenters. The number of nitrogens with zero attached hydrogens (tertiary/aromatic N) is 1. The zero-order chi connectivity index (χ0) is 11.3. The highest BCUT2D eigenvalue weighted by Crippen LogP contribution is 2.33. The monoisotopic (exact) mass is 242 g/mol. The molecule has 0 spiro atoms. The van der Waals surface area contributed by atoms with Gasteiger partial charge in [0.05, 0.1) is 0 Å². The highest BCUT2D eigenvalue weighted by atomic mass is 32.2. The molecule has 0 aromatic rings. The first kappa shape index (κ1) is 12.7. The summed E-state index contributed by atoms with van der Waals surface area (Å²) >= 11 is 2.12. The molecule has 2 fully saturated rings. The maximum absolute atomic E-state index is 6.14. The number of nitrogens with two attached hydrogens (primary N) is 1. The van der Waals surface area contributed by atoms with Gasteiger partial charge < -0.3 is 5.73 Å². The van der Waals surface area contributed by atoms with Crippen LogP contribution in [0.4, 0.5) is 0 Å². The van der Waals surface area contributed by atoms with Crippen molar-refractivity contribution in [3.8, 4) is 0 Å². The average Bonchev–Trinajstić information content (AvgIpc) is 2.72. The van der Waals surface area contributed by atoms with Crippen LogP contribution in [-0.4, -0.2) is 41.6 Å². The van der Waals surface area contributed by atoms with Gasteiger partial charge in [0.15, 0.2) is 0 Å². The van der Waals surface area contributed by atoms with Crippen LogP contribution in [0.25, 0.3) is 0 Å². The first-order chi connectivity index (χ1) is 7.87. The molecule has 94 valence electrons. The van der Waals surface area contributed by atoms with Crippen LogP contribution in [0.2, 0.25) is 0 Å². The Morgan fingerprint density at radius 2 is 1.69 bits per heavy atom. The summed E-state index contributed by atoms with van der Waals surface area (Å²) in [5.74, 6) is 2.65. The summed E-state index contributed by atoms with van der Waals surface area (Å²) in [6.07, 6.45) is 9.66. The van der Waals surface area contributed by atoms with Gasteiger partial charge in [0, 0.05) is 24.4 Å². The molecule has 0 bridgehead atoms. The molecule has 16 heavy (non-hydrogen) atoms. The molecule has 1 aliphatic carbocycles. The van der Waals surface area contributed by atoms with E-state index in [9.17, 15) is 0 Å². The fourth-order valence-corrected chi connectivity index (χ4v) is 4.14. The Hall–Kier alpha value is 0.270. The lowest BCUT2D eigenvalue weighted by atomic mass is 9.88. The van der Waals surface area contributed by atoms with Crippen LogP contribution in [0, 0.1) is 0 Å². The quantitative estimate of drug-likeness (QED) is 0.754. The summed E-state index contributed by atoms with van der Waals surface area (Å²) in [6, 6.07) is 0. The van der Waals surface area contributed by atoms with Crippen molar-refractivity contribution in [1.82, 2.24) is 4.90 Å². The van der Waals surface area contributed by atoms with E-state index in [1.807, 2.05) is 0 Å². The Morgan fingerprint density at radius 3 is 2.38 bits per heavy atom. The van der Waals surface area contributed by atoms with Crippen LogP contribution in [0.1, 0.15) is 44.9 Å². The molecule has 0 amide bonds. The number of thioether (sulfide) groups is 1. The lowest BCUT2D eigenvalue weighted by Gasteiger charge is -2.42. The smallest absolute Gasteiger partial charge is 0.0332 e. The second-order valence-corrected chi connectivity index (χ2v) is 6.52. The van der Waals surface area contributed by atoms with E-state index in [0.29, 0.717) is 5.54 Å². The van der Waals surface area contributed by atoms with Crippen molar-refractivity contribution < 1.29 is 0 Å². The van der Waals surface area contributed by atoms with E-state index in [-0.39, 0.29) is 0 Å². The van der Waals surface area contributed by atoms with Crippen molar-refractivity contribution in [3.63, 3.8) is 0 Å². The topological polar surface area (TPSA) is 29.3 Å². The van der Waals surface area contributed by atoms with Gasteiger partial charge in [-0.15, -0.1) is 0 Å². The first-order valence-corrected chi connectivity index (χ1v) is 8.06. The summed E-state index contributed by atoms with van der Waals surface area (Å²) in [4.78, 5) is 2.73. The van der Waals surface area contributed by atoms with Crippen molar-refractivity contribution in [2.45, 2.75) is 50.5 Å². The molecule has 1 heterocycles. The maximum atomic E-state index is 6.14. The van der Waals surface area contributed by atoms with Crippen LogP contribution >= 0.6 is 11.8 Å². The minimum atomic E-state index is 0.362. The van der Waals surface area contributed by atoms with Crippen molar-refractivity contribution >= 4 is 11.8 Å². The summed E-state index contributed by atoms with van der Waals surface area (Å²) in [7, 11) is 0. The third-order valence-electron chi connectivity index (χ3n) is 4.31. The fraction of sp³-hybridized carbons (Fsp3) is 1.00. The molecular weight excluding hydrogens is 216 g/mol. The van der Waals surface area contributed by atoms with Gasteiger partial charge in [-0.25, -0.2) is 0 Å². The van der Waals surface area contributed by atoms with Crippen molar-refractivity contribution in [2.24, 2.45) is 5.73 Å². The molecule has 0 aromatic heterocycles. The molecule has 2 N–H and O–H groups in total. The Balaban J connectivity index is 2.04. The Morgan fingerprint density at radius 1 is 0.938 bits per heavy atom. The van der Waals surface area contributed by atoms with Crippen molar-refractivity contribution in [1.29, 1.82) is 0 Å². The van der Waals surface area contributed by atoms with E-state index >= 15 is 0 Å². The third kappa shape index (κ3) is 2.93. The third-order valence-corrected chi connectivity index (χ3v) is 5.36. The molecule has 3 heteroatoms. The predicted molar refractivity (Wildman–Crippen MR) is 73.0 cm³/mol. The van der Waals surface area contributed by atoms with Gasteiger partial charge in [-0.2, -0.15) is 11.8 Å². The van der Waals surface area contributed by atoms with Crippen LogP contribution in [-0.2, 0) is 0 Å². The maximum Gasteiger partial charge on any atom is 0.0332 e. The average molecular weight is 242 g/mol. The van der Waals surface area contributed by atoms with Crippen molar-refractivity contribution in [3.05, 3.63) is 0 Å². The summed E-state index contributed by atoms with van der Waals surface area (Å²) < 4.78 is 0. The Bertz CT molecular complexity index is 192. The molecule has 1 saturated heterocycles. The lowest BCUT2D eigenvalue weighted by Crippen LogP contribution is -2.54. The molecular formula is C13H26N2S. The normalized spacial score (nSPS) is 28.3. The van der Waals surface area contributed by atoms with Crippen LogP contribution < -0.4 is 5.73 Å². The summed E-state index contributed by atoms with van der Waals surface area (Å²) in [5, 5.41) is 0. The summed E-state index contributed by atoms with van der Waals surface area (Å²) in [5.41, 5.74) is 6.50. The van der Waals surface area contributed by atoms with Gasteiger partial charge in [-0.3, -0.25) is 4.90 Å². The van der Waals surface area contributed by atoms with E-state index in [0.717, 1.165) is 6.54 Å². The molecule has 1 aliphatic heterocycles. The van der Waals surface area contributed by atoms with E-state index < -0.39 is 0 Å². The largest absolute Gasteiger partial charge is 0.329 e. The van der Waals surface area contributed by atoms with E-state index in [1.54, 1.807) is 0 Å². The number of rotatable bonds is 2. The van der Waals surface area contributed by atoms with E-state index in [2.05, 4.69) is 16.7 Å². The Labute approximate surface area is 104 Å². The van der Waals surface area contributed by atoms with Gasteiger partial charge in [-0.05, 0) is 31.6 Å². The van der Waals surface area contributed by atoms with Gasteiger partial charge in [0.2, 0.25) is 0 Å². The second kappa shape index (κ2) is 6.27. The molecule has 1 saturated carbocycles. The van der Waals surface area contributed by atoms with Crippen molar-refractivity contribution in [2.75, 3.05) is 31.1 Å². The van der Waals surface area contributed by atoms with E-state index in [4.69, 9.17) is 5.73 Å². The second-order valence-electron chi connectivity index (χ2n) is 5.30. The Kier molecular flexibility index (Phi) is 4.98. The SMILES string of the molecule is NCC1(N2CCCSCC2)CCCCCC1. The minimum absolute atomic E-state index is 0.362. The fourth-order valence-electron chi connectivity index (χ4n) is 3.26. The van der Waals surface area contributed by atoms with E-state index in [1.165, 1.54) is 69.5 Å². The zero-order valence-electron chi connectivity index (χ0n) is 10.4. The van der Waals surface area contributed by atoms with Crippen LogP contribution in [0.15, 0.2) is 0 Å². The highest BCUT2D eigenvalue weighted by Gasteiger charge is 2.35. The summed E-state index contributed by atoms with van der Waals surface area (Å²) in [6.45, 7) is 3.42. The van der Waals surface area contributed by atoms with Gasteiger partial charge >= 0.3 is 0 Å². The molecule has 0 aromatic carbocycles. The van der Waals surface area contributed by atoms with Gasteiger partial charge in [0.1, 0.15) is 0 Å². The van der Waals surface area contributed by atoms with Gasteiger partial charge in [-0.1, -0.05) is 25.7 Å². The number of hydrogen-bond acceptors (Lipinski definition) is 3. The molecule has 2 nitrogen and oxygen atoms in total. The number of hydrogen-bond donors (Lipinski definition) is 1. The lowest BCUT2D eigenvalue weighted by molar-refractivity contribution is 0.0865. The molecule has 2 aliphatic rings. The molecule has 0 radical (unpaired) electrons. The van der Waals surface area contributed by atoms with Crippen LogP contribution in [0.3, 0.4) is 0 Å². The predicted octanol–water partition coefficient (Wildman–Crippen LogP) is 2.48.